The van der Waals surface area contributed by atoms with E-state index >= 15 is 0 Å². The third-order valence-corrected chi connectivity index (χ3v) is 3.70. The van der Waals surface area contributed by atoms with Gasteiger partial charge in [0.2, 0.25) is 0 Å². The molecule has 0 unspecified atom stereocenters. The average Bonchev–Trinajstić information content (AvgIpc) is 2.45. The summed E-state index contributed by atoms with van der Waals surface area (Å²) in [7, 11) is 0. The Kier molecular flexibility index (Phi) is 4.62. The average molecular weight is 287 g/mol. The Morgan fingerprint density at radius 1 is 1.00 bits per heavy atom. The van der Waals surface area contributed by atoms with Crippen LogP contribution in [0.5, 0.6) is 0 Å². The van der Waals surface area contributed by atoms with Crippen molar-refractivity contribution in [1.29, 1.82) is 0 Å². The van der Waals surface area contributed by atoms with E-state index in [0.717, 1.165) is 18.7 Å². The molecule has 0 radical (unpaired) electrons. The summed E-state index contributed by atoms with van der Waals surface area (Å²) in [6.07, 6.45) is 0.510. The van der Waals surface area contributed by atoms with E-state index in [-0.39, 0.29) is 5.56 Å². The minimum Gasteiger partial charge on any atom is -0.372 e. The highest BCUT2D eigenvalue weighted by Crippen LogP contribution is 2.16. The summed E-state index contributed by atoms with van der Waals surface area (Å²) < 4.78 is 0. The highest BCUT2D eigenvalue weighted by molar-refractivity contribution is 5.48. The molecule has 0 fully saturated rings. The second-order valence-electron chi connectivity index (χ2n) is 5.03. The molecule has 0 amide bonds. The van der Waals surface area contributed by atoms with Gasteiger partial charge in [-0.15, -0.1) is 0 Å². The van der Waals surface area contributed by atoms with Crippen molar-refractivity contribution in [3.8, 4) is 0 Å². The van der Waals surface area contributed by atoms with Crippen LogP contribution in [0.1, 0.15) is 30.7 Å². The molecule has 5 nitrogen and oxygen atoms in total. The predicted octanol–water partition coefficient (Wildman–Crippen LogP) is 1.81. The Balaban J connectivity index is 2.25. The van der Waals surface area contributed by atoms with Crippen molar-refractivity contribution in [3.05, 3.63) is 61.9 Å². The van der Waals surface area contributed by atoms with Crippen molar-refractivity contribution in [2.75, 3.05) is 18.0 Å². The van der Waals surface area contributed by atoms with Crippen LogP contribution in [0.4, 0.5) is 5.69 Å². The van der Waals surface area contributed by atoms with Gasteiger partial charge in [-0.05, 0) is 38.5 Å². The first-order valence-corrected chi connectivity index (χ1v) is 7.21. The molecule has 21 heavy (non-hydrogen) atoms. The van der Waals surface area contributed by atoms with Crippen LogP contribution in [-0.4, -0.2) is 23.1 Å². The second kappa shape index (κ2) is 6.43. The van der Waals surface area contributed by atoms with Gasteiger partial charge in [0.15, 0.2) is 0 Å². The number of hydrogen-bond acceptors (Lipinski definition) is 3. The third-order valence-electron chi connectivity index (χ3n) is 3.70. The number of nitrogens with one attached hydrogen (secondary N) is 2. The normalized spacial score (nSPS) is 10.6. The van der Waals surface area contributed by atoms with Gasteiger partial charge in [-0.1, -0.05) is 12.1 Å². The summed E-state index contributed by atoms with van der Waals surface area (Å²) in [5.41, 5.74) is 2.67. The predicted molar refractivity (Wildman–Crippen MR) is 85.2 cm³/mol. The number of hydrogen-bond donors (Lipinski definition) is 2. The monoisotopic (exact) mass is 287 g/mol. The Hall–Kier alpha value is -2.30. The van der Waals surface area contributed by atoms with Crippen LogP contribution in [0.2, 0.25) is 0 Å². The van der Waals surface area contributed by atoms with Crippen molar-refractivity contribution in [3.63, 3.8) is 0 Å². The van der Waals surface area contributed by atoms with E-state index in [0.29, 0.717) is 17.7 Å². The molecule has 0 aliphatic heterocycles. The first-order chi connectivity index (χ1) is 10.0. The maximum Gasteiger partial charge on any atom is 0.325 e. The Morgan fingerprint density at radius 3 is 2.14 bits per heavy atom. The van der Waals surface area contributed by atoms with Gasteiger partial charge in [-0.25, -0.2) is 4.79 Å². The summed E-state index contributed by atoms with van der Waals surface area (Å²) in [5.74, 6) is 0. The number of aromatic amines is 2. The van der Waals surface area contributed by atoms with Crippen LogP contribution in [0.15, 0.2) is 33.9 Å². The van der Waals surface area contributed by atoms with Gasteiger partial charge in [0.1, 0.15) is 0 Å². The van der Waals surface area contributed by atoms with E-state index in [1.54, 1.807) is 6.92 Å². The van der Waals surface area contributed by atoms with Crippen LogP contribution < -0.4 is 16.1 Å². The van der Waals surface area contributed by atoms with Gasteiger partial charge in [0.05, 0.1) is 0 Å². The van der Waals surface area contributed by atoms with Crippen LogP contribution >= 0.6 is 0 Å². The topological polar surface area (TPSA) is 69.0 Å². The van der Waals surface area contributed by atoms with Crippen molar-refractivity contribution in [2.45, 2.75) is 27.2 Å². The molecule has 0 bridgehead atoms. The van der Waals surface area contributed by atoms with E-state index in [4.69, 9.17) is 0 Å². The number of H-pyrrole nitrogens is 2. The number of aromatic nitrogens is 2. The first-order valence-electron chi connectivity index (χ1n) is 7.21. The van der Waals surface area contributed by atoms with Gasteiger partial charge in [0.25, 0.3) is 5.56 Å². The fourth-order valence-corrected chi connectivity index (χ4v) is 2.46. The fourth-order valence-electron chi connectivity index (χ4n) is 2.46. The molecular weight excluding hydrogens is 266 g/mol. The molecular formula is C16H21N3O2. The Bertz CT molecular complexity index is 710. The zero-order chi connectivity index (χ0) is 15.4. The van der Waals surface area contributed by atoms with Gasteiger partial charge >= 0.3 is 5.69 Å². The van der Waals surface area contributed by atoms with Crippen molar-refractivity contribution in [1.82, 2.24) is 9.97 Å². The van der Waals surface area contributed by atoms with Crippen LogP contribution in [0, 0.1) is 6.92 Å². The van der Waals surface area contributed by atoms with Crippen LogP contribution in [0.25, 0.3) is 0 Å². The van der Waals surface area contributed by atoms with Crippen molar-refractivity contribution >= 4 is 5.69 Å². The quantitative estimate of drug-likeness (QED) is 0.881. The lowest BCUT2D eigenvalue weighted by molar-refractivity contribution is 0.865. The SMILES string of the molecule is CCN(CC)c1ccc(Cc2c(C)[nH]c(=O)[nH]c2=O)cc1. The molecule has 0 saturated heterocycles. The van der Waals surface area contributed by atoms with Gasteiger partial charge in [0, 0.05) is 36.5 Å². The van der Waals surface area contributed by atoms with E-state index in [9.17, 15) is 9.59 Å². The molecule has 0 aliphatic carbocycles. The minimum atomic E-state index is -0.460. The van der Waals surface area contributed by atoms with Crippen molar-refractivity contribution in [2.24, 2.45) is 0 Å². The summed E-state index contributed by atoms with van der Waals surface area (Å²) in [5, 5.41) is 0. The van der Waals surface area contributed by atoms with Crippen molar-refractivity contribution < 1.29 is 0 Å². The number of aryl methyl sites for hydroxylation is 1. The number of nitrogens with zero attached hydrogens (tertiary/aromatic N) is 1. The van der Waals surface area contributed by atoms with E-state index in [1.165, 1.54) is 5.69 Å². The lowest BCUT2D eigenvalue weighted by atomic mass is 10.0. The molecule has 1 heterocycles. The summed E-state index contributed by atoms with van der Waals surface area (Å²) in [6, 6.07) is 8.18. The highest BCUT2D eigenvalue weighted by atomic mass is 16.2. The summed E-state index contributed by atoms with van der Waals surface area (Å²) in [6.45, 7) is 7.93. The zero-order valence-electron chi connectivity index (χ0n) is 12.7. The van der Waals surface area contributed by atoms with Gasteiger partial charge in [-0.2, -0.15) is 0 Å². The second-order valence-corrected chi connectivity index (χ2v) is 5.03. The lowest BCUT2D eigenvalue weighted by Crippen LogP contribution is -2.27. The van der Waals surface area contributed by atoms with Crippen LogP contribution in [0.3, 0.4) is 0 Å². The molecule has 0 atom stereocenters. The number of rotatable bonds is 5. The molecule has 2 N–H and O–H groups in total. The molecule has 2 aromatic rings. The number of benzene rings is 1. The molecule has 5 heteroatoms. The summed E-state index contributed by atoms with van der Waals surface area (Å²) in [4.78, 5) is 30.2. The first kappa shape index (κ1) is 15.1. The zero-order valence-corrected chi connectivity index (χ0v) is 12.7. The molecule has 0 saturated carbocycles. The van der Waals surface area contributed by atoms with E-state index < -0.39 is 5.69 Å². The smallest absolute Gasteiger partial charge is 0.325 e. The summed E-state index contributed by atoms with van der Waals surface area (Å²) >= 11 is 0. The van der Waals surface area contributed by atoms with Gasteiger partial charge < -0.3 is 9.88 Å². The molecule has 1 aromatic heterocycles. The maximum atomic E-state index is 11.8. The number of anilines is 1. The molecule has 1 aromatic carbocycles. The van der Waals surface area contributed by atoms with E-state index in [2.05, 4.69) is 40.8 Å². The molecule has 112 valence electrons. The van der Waals surface area contributed by atoms with Crippen LogP contribution in [-0.2, 0) is 6.42 Å². The lowest BCUT2D eigenvalue weighted by Gasteiger charge is -2.21. The van der Waals surface area contributed by atoms with E-state index in [1.807, 2.05) is 12.1 Å². The third kappa shape index (κ3) is 3.42. The fraction of sp³-hybridized carbons (Fsp3) is 0.375. The highest BCUT2D eigenvalue weighted by Gasteiger charge is 2.08. The molecule has 0 aliphatic rings. The molecule has 2 rings (SSSR count). The standard InChI is InChI=1S/C16H21N3O2/c1-4-19(5-2)13-8-6-12(7-9-13)10-14-11(3)17-16(21)18-15(14)20/h6-9H,4-5,10H2,1-3H3,(H2,17,18,20,21). The maximum absolute atomic E-state index is 11.8. The van der Waals surface area contributed by atoms with Gasteiger partial charge in [-0.3, -0.25) is 9.78 Å². The Morgan fingerprint density at radius 2 is 1.62 bits per heavy atom. The largest absolute Gasteiger partial charge is 0.372 e. The Labute approximate surface area is 123 Å². The minimum absolute atomic E-state index is 0.316. The molecule has 0 spiro atoms.